The molecule has 1 aromatic rings. The van der Waals surface area contributed by atoms with Crippen LogP contribution >= 0.6 is 0 Å². The molecule has 2 atom stereocenters. The van der Waals surface area contributed by atoms with Crippen LogP contribution in [0.3, 0.4) is 0 Å². The number of carbonyl (C=O) groups is 1. The summed E-state index contributed by atoms with van der Waals surface area (Å²) in [6, 6.07) is 7.03. The van der Waals surface area contributed by atoms with E-state index < -0.39 is 11.9 Å². The molecule has 0 spiro atoms. The lowest BCUT2D eigenvalue weighted by Gasteiger charge is -2.34. The highest BCUT2D eigenvalue weighted by Crippen LogP contribution is 2.36. The summed E-state index contributed by atoms with van der Waals surface area (Å²) in [5, 5.41) is 19.1. The molecule has 0 aliphatic carbocycles. The monoisotopic (exact) mass is 235 g/mol. The molecule has 1 aromatic carbocycles. The topological polar surface area (TPSA) is 60.8 Å². The van der Waals surface area contributed by atoms with Gasteiger partial charge in [0.2, 0.25) is 0 Å². The van der Waals surface area contributed by atoms with Crippen LogP contribution in [0.2, 0.25) is 0 Å². The highest BCUT2D eigenvalue weighted by Gasteiger charge is 2.35. The van der Waals surface area contributed by atoms with Crippen molar-refractivity contribution in [3.63, 3.8) is 0 Å². The fourth-order valence-corrected chi connectivity index (χ4v) is 2.54. The smallest absolute Gasteiger partial charge is 0.308 e. The second-order valence-electron chi connectivity index (χ2n) is 4.66. The summed E-state index contributed by atoms with van der Waals surface area (Å²) >= 11 is 0. The Morgan fingerprint density at radius 1 is 1.41 bits per heavy atom. The van der Waals surface area contributed by atoms with E-state index >= 15 is 0 Å². The van der Waals surface area contributed by atoms with Crippen LogP contribution < -0.4 is 0 Å². The third-order valence-electron chi connectivity index (χ3n) is 3.47. The molecule has 1 heterocycles. The zero-order valence-electron chi connectivity index (χ0n) is 9.84. The van der Waals surface area contributed by atoms with Gasteiger partial charge < -0.3 is 15.1 Å². The molecule has 0 amide bonds. The van der Waals surface area contributed by atoms with Crippen LogP contribution in [0.4, 0.5) is 0 Å². The molecule has 1 aliphatic heterocycles. The molecule has 92 valence electrons. The molecule has 4 nitrogen and oxygen atoms in total. The molecule has 1 saturated heterocycles. The predicted octanol–water partition coefficient (Wildman–Crippen LogP) is 1.51. The number of benzene rings is 1. The minimum Gasteiger partial charge on any atom is -0.508 e. The van der Waals surface area contributed by atoms with Crippen molar-refractivity contribution in [2.75, 3.05) is 20.1 Å². The van der Waals surface area contributed by atoms with Crippen molar-refractivity contribution < 1.29 is 15.0 Å². The molecule has 0 radical (unpaired) electrons. The van der Waals surface area contributed by atoms with Gasteiger partial charge >= 0.3 is 5.97 Å². The minimum atomic E-state index is -0.787. The maximum atomic E-state index is 11.3. The molecule has 2 unspecified atom stereocenters. The number of carboxylic acids is 1. The van der Waals surface area contributed by atoms with Gasteiger partial charge in [-0.1, -0.05) is 18.2 Å². The molecule has 4 heteroatoms. The zero-order chi connectivity index (χ0) is 12.4. The van der Waals surface area contributed by atoms with Gasteiger partial charge in [0.1, 0.15) is 5.75 Å². The summed E-state index contributed by atoms with van der Waals surface area (Å²) in [5.41, 5.74) is 0.757. The average molecular weight is 235 g/mol. The summed E-state index contributed by atoms with van der Waals surface area (Å²) in [6.07, 6.45) is 0.769. The van der Waals surface area contributed by atoms with Gasteiger partial charge in [-0.05, 0) is 31.6 Å². The summed E-state index contributed by atoms with van der Waals surface area (Å²) in [7, 11) is 1.93. The summed E-state index contributed by atoms with van der Waals surface area (Å²) in [4.78, 5) is 13.3. The number of phenolic OH excluding ortho intramolecular Hbond substituents is 1. The fraction of sp³-hybridized carbons (Fsp3) is 0.462. The third kappa shape index (κ3) is 2.42. The molecule has 1 aliphatic rings. The van der Waals surface area contributed by atoms with E-state index in [4.69, 9.17) is 0 Å². The van der Waals surface area contributed by atoms with E-state index in [1.165, 1.54) is 0 Å². The second kappa shape index (κ2) is 4.75. The van der Waals surface area contributed by atoms with Gasteiger partial charge in [0.15, 0.2) is 0 Å². The number of para-hydroxylation sites is 1. The Hall–Kier alpha value is -1.55. The lowest BCUT2D eigenvalue weighted by Crippen LogP contribution is -2.40. The minimum absolute atomic E-state index is 0.0927. The van der Waals surface area contributed by atoms with Gasteiger partial charge in [-0.15, -0.1) is 0 Å². The van der Waals surface area contributed by atoms with Crippen molar-refractivity contribution in [1.29, 1.82) is 0 Å². The van der Waals surface area contributed by atoms with Crippen molar-refractivity contribution in [2.45, 2.75) is 12.3 Å². The Kier molecular flexibility index (Phi) is 3.33. The van der Waals surface area contributed by atoms with E-state index in [-0.39, 0.29) is 11.7 Å². The largest absolute Gasteiger partial charge is 0.508 e. The van der Waals surface area contributed by atoms with Gasteiger partial charge in [-0.3, -0.25) is 4.79 Å². The highest BCUT2D eigenvalue weighted by atomic mass is 16.4. The van der Waals surface area contributed by atoms with Crippen LogP contribution in [0.15, 0.2) is 24.3 Å². The van der Waals surface area contributed by atoms with Crippen molar-refractivity contribution in [2.24, 2.45) is 5.92 Å². The van der Waals surface area contributed by atoms with Crippen LogP contribution in [-0.4, -0.2) is 41.2 Å². The average Bonchev–Trinajstić information content (AvgIpc) is 2.30. The van der Waals surface area contributed by atoms with Crippen LogP contribution in [0, 0.1) is 5.92 Å². The van der Waals surface area contributed by atoms with Crippen LogP contribution in [0.25, 0.3) is 0 Å². The summed E-state index contributed by atoms with van der Waals surface area (Å²) < 4.78 is 0. The van der Waals surface area contributed by atoms with Crippen LogP contribution in [0.1, 0.15) is 17.9 Å². The van der Waals surface area contributed by atoms with Crippen molar-refractivity contribution in [1.82, 2.24) is 4.90 Å². The number of aliphatic carboxylic acids is 1. The predicted molar refractivity (Wildman–Crippen MR) is 64.1 cm³/mol. The van der Waals surface area contributed by atoms with Crippen molar-refractivity contribution >= 4 is 5.97 Å². The summed E-state index contributed by atoms with van der Waals surface area (Å²) in [6.45, 7) is 1.40. The molecule has 17 heavy (non-hydrogen) atoms. The SMILES string of the molecule is CN1CCC(c2ccccc2O)C(C(=O)O)C1. The third-order valence-corrected chi connectivity index (χ3v) is 3.47. The standard InChI is InChI=1S/C13H17NO3/c1-14-7-6-9(11(8-14)13(16)17)10-4-2-3-5-12(10)15/h2-5,9,11,15H,6-8H2,1H3,(H,16,17). The number of nitrogens with zero attached hydrogens (tertiary/aromatic N) is 1. The van der Waals surface area contributed by atoms with E-state index in [0.717, 1.165) is 18.5 Å². The van der Waals surface area contributed by atoms with Crippen LogP contribution in [-0.2, 0) is 4.79 Å². The van der Waals surface area contributed by atoms with Gasteiger partial charge in [-0.2, -0.15) is 0 Å². The number of likely N-dealkylation sites (tertiary alicyclic amines) is 1. The number of piperidine rings is 1. The molecule has 2 rings (SSSR count). The number of carboxylic acid groups (broad SMARTS) is 1. The molecular weight excluding hydrogens is 218 g/mol. The number of phenols is 1. The van der Waals surface area contributed by atoms with Gasteiger partial charge in [0.25, 0.3) is 0 Å². The van der Waals surface area contributed by atoms with E-state index in [9.17, 15) is 15.0 Å². The molecule has 0 bridgehead atoms. The Balaban J connectivity index is 2.30. The first kappa shape index (κ1) is 11.9. The maximum Gasteiger partial charge on any atom is 0.308 e. The molecular formula is C13H17NO3. The first-order chi connectivity index (χ1) is 8.09. The van der Waals surface area contributed by atoms with Crippen molar-refractivity contribution in [3.8, 4) is 5.75 Å². The fourth-order valence-electron chi connectivity index (χ4n) is 2.54. The Morgan fingerprint density at radius 3 is 2.76 bits per heavy atom. The Bertz CT molecular complexity index is 419. The molecule has 1 fully saturated rings. The lowest BCUT2D eigenvalue weighted by molar-refractivity contribution is -0.144. The summed E-state index contributed by atoms with van der Waals surface area (Å²) in [5.74, 6) is -1.12. The zero-order valence-corrected chi connectivity index (χ0v) is 9.84. The second-order valence-corrected chi connectivity index (χ2v) is 4.66. The first-order valence-corrected chi connectivity index (χ1v) is 5.79. The normalized spacial score (nSPS) is 25.7. The first-order valence-electron chi connectivity index (χ1n) is 5.79. The Morgan fingerprint density at radius 2 is 2.12 bits per heavy atom. The quantitative estimate of drug-likeness (QED) is 0.815. The number of aromatic hydroxyl groups is 1. The Labute approximate surface area is 100 Å². The van der Waals surface area contributed by atoms with Gasteiger partial charge in [0, 0.05) is 12.5 Å². The van der Waals surface area contributed by atoms with E-state index in [2.05, 4.69) is 0 Å². The highest BCUT2D eigenvalue weighted by molar-refractivity contribution is 5.72. The molecule has 0 aromatic heterocycles. The number of hydrogen-bond acceptors (Lipinski definition) is 3. The number of rotatable bonds is 2. The van der Waals surface area contributed by atoms with Crippen molar-refractivity contribution in [3.05, 3.63) is 29.8 Å². The molecule has 2 N–H and O–H groups in total. The lowest BCUT2D eigenvalue weighted by atomic mass is 9.80. The number of hydrogen-bond donors (Lipinski definition) is 2. The van der Waals surface area contributed by atoms with E-state index in [1.54, 1.807) is 12.1 Å². The van der Waals surface area contributed by atoms with Gasteiger partial charge in [-0.25, -0.2) is 0 Å². The van der Waals surface area contributed by atoms with E-state index in [1.807, 2.05) is 24.1 Å². The molecule has 0 saturated carbocycles. The van der Waals surface area contributed by atoms with E-state index in [0.29, 0.717) is 6.54 Å². The van der Waals surface area contributed by atoms with Gasteiger partial charge in [0.05, 0.1) is 5.92 Å². The van der Waals surface area contributed by atoms with Crippen LogP contribution in [0.5, 0.6) is 5.75 Å². The maximum absolute atomic E-state index is 11.3.